The van der Waals surface area contributed by atoms with E-state index in [1.54, 1.807) is 13.3 Å². The molecule has 0 saturated carbocycles. The van der Waals surface area contributed by atoms with E-state index in [4.69, 9.17) is 5.73 Å². The fourth-order valence-corrected chi connectivity index (χ4v) is 1.65. The molecule has 0 unspecified atom stereocenters. The van der Waals surface area contributed by atoms with Crippen molar-refractivity contribution in [3.63, 3.8) is 0 Å². The molecule has 0 fully saturated rings. The van der Waals surface area contributed by atoms with Crippen molar-refractivity contribution >= 4 is 41.8 Å². The zero-order valence-corrected chi connectivity index (χ0v) is 12.2. The summed E-state index contributed by atoms with van der Waals surface area (Å²) in [5.41, 5.74) is 7.49. The highest BCUT2D eigenvalue weighted by Crippen LogP contribution is 2.10. The van der Waals surface area contributed by atoms with Gasteiger partial charge >= 0.3 is 0 Å². The first-order chi connectivity index (χ1) is 8.18. The van der Waals surface area contributed by atoms with Crippen LogP contribution in [0.15, 0.2) is 30.6 Å². The van der Waals surface area contributed by atoms with Gasteiger partial charge in [-0.25, -0.2) is 4.98 Å². The van der Waals surface area contributed by atoms with E-state index in [0.29, 0.717) is 13.1 Å². The van der Waals surface area contributed by atoms with Crippen molar-refractivity contribution in [1.82, 2.24) is 14.9 Å². The maximum atomic E-state index is 11.3. The molecule has 0 spiro atoms. The van der Waals surface area contributed by atoms with Crippen LogP contribution in [0.5, 0.6) is 0 Å². The number of amides is 1. The Hall–Kier alpha value is -1.30. The Kier molecular flexibility index (Phi) is 7.44. The molecule has 0 saturated heterocycles. The third-order valence-electron chi connectivity index (χ3n) is 2.59. The smallest absolute Gasteiger partial charge is 0.236 e. The number of hydrogen-bond acceptors (Lipinski definition) is 3. The molecule has 7 heteroatoms. The van der Waals surface area contributed by atoms with Gasteiger partial charge in [-0.2, -0.15) is 0 Å². The van der Waals surface area contributed by atoms with Crippen molar-refractivity contribution in [2.45, 2.75) is 19.5 Å². The number of benzene rings is 1. The molecule has 1 aromatic heterocycles. The largest absolute Gasteiger partial charge is 0.353 e. The van der Waals surface area contributed by atoms with Crippen LogP contribution in [0.25, 0.3) is 11.0 Å². The van der Waals surface area contributed by atoms with E-state index in [0.717, 1.165) is 11.0 Å². The van der Waals surface area contributed by atoms with Crippen molar-refractivity contribution in [3.05, 3.63) is 30.6 Å². The monoisotopic (exact) mass is 304 g/mol. The van der Waals surface area contributed by atoms with Crippen molar-refractivity contribution in [2.75, 3.05) is 6.54 Å². The summed E-state index contributed by atoms with van der Waals surface area (Å²) in [6, 6.07) is 7.44. The number of halogens is 2. The van der Waals surface area contributed by atoms with Gasteiger partial charge in [0.25, 0.3) is 0 Å². The summed E-state index contributed by atoms with van der Waals surface area (Å²) < 4.78 is 2.01. The third kappa shape index (κ3) is 4.38. The SMILES string of the molecule is C[C@@H](N)C(=O)NCCn1cnc2ccccc21.Cl.Cl. The lowest BCUT2D eigenvalue weighted by Crippen LogP contribution is -2.39. The number of nitrogens with two attached hydrogens (primary N) is 1. The van der Waals surface area contributed by atoms with Crippen molar-refractivity contribution < 1.29 is 4.79 Å². The number of carbonyl (C=O) groups excluding carboxylic acids is 1. The van der Waals surface area contributed by atoms with E-state index in [-0.39, 0.29) is 30.7 Å². The molecule has 0 aliphatic rings. The first-order valence-corrected chi connectivity index (χ1v) is 5.61. The molecule has 1 heterocycles. The molecule has 0 aliphatic heterocycles. The number of rotatable bonds is 4. The fraction of sp³-hybridized carbons (Fsp3) is 0.333. The molecule has 2 rings (SSSR count). The summed E-state index contributed by atoms with van der Waals surface area (Å²) in [6.07, 6.45) is 1.78. The van der Waals surface area contributed by atoms with Crippen molar-refractivity contribution in [2.24, 2.45) is 5.73 Å². The van der Waals surface area contributed by atoms with Crippen LogP contribution in [0.2, 0.25) is 0 Å². The molecule has 0 radical (unpaired) electrons. The number of carbonyl (C=O) groups is 1. The van der Waals surface area contributed by atoms with Crippen LogP contribution in [0.1, 0.15) is 6.92 Å². The number of para-hydroxylation sites is 2. The van der Waals surface area contributed by atoms with E-state index in [2.05, 4.69) is 10.3 Å². The summed E-state index contributed by atoms with van der Waals surface area (Å²) >= 11 is 0. The molecular formula is C12H18Cl2N4O. The van der Waals surface area contributed by atoms with Gasteiger partial charge in [0.1, 0.15) is 0 Å². The average molecular weight is 305 g/mol. The summed E-state index contributed by atoms with van der Waals surface area (Å²) in [5.74, 6) is -0.130. The Balaban J connectivity index is 0.00000162. The van der Waals surface area contributed by atoms with Gasteiger partial charge in [0.15, 0.2) is 0 Å². The van der Waals surface area contributed by atoms with Crippen molar-refractivity contribution in [3.8, 4) is 0 Å². The molecule has 0 aliphatic carbocycles. The molecule has 1 amide bonds. The predicted octanol–water partition coefficient (Wildman–Crippen LogP) is 1.34. The quantitative estimate of drug-likeness (QED) is 0.895. The highest BCUT2D eigenvalue weighted by atomic mass is 35.5. The Morgan fingerprint density at radius 2 is 2.11 bits per heavy atom. The number of fused-ring (bicyclic) bond motifs is 1. The van der Waals surface area contributed by atoms with Crippen LogP contribution in [-0.4, -0.2) is 28.0 Å². The van der Waals surface area contributed by atoms with Gasteiger partial charge < -0.3 is 15.6 Å². The third-order valence-corrected chi connectivity index (χ3v) is 2.59. The van der Waals surface area contributed by atoms with Crippen LogP contribution < -0.4 is 11.1 Å². The first-order valence-electron chi connectivity index (χ1n) is 5.61. The molecule has 1 aromatic carbocycles. The van der Waals surface area contributed by atoms with Crippen LogP contribution in [0, 0.1) is 0 Å². The van der Waals surface area contributed by atoms with Crippen LogP contribution in [0.3, 0.4) is 0 Å². The number of nitrogens with zero attached hydrogens (tertiary/aromatic N) is 2. The van der Waals surface area contributed by atoms with Crippen molar-refractivity contribution in [1.29, 1.82) is 0 Å². The lowest BCUT2D eigenvalue weighted by atomic mass is 10.3. The second-order valence-electron chi connectivity index (χ2n) is 4.01. The van der Waals surface area contributed by atoms with Crippen LogP contribution in [-0.2, 0) is 11.3 Å². The lowest BCUT2D eigenvalue weighted by Gasteiger charge is -2.08. The zero-order chi connectivity index (χ0) is 12.3. The summed E-state index contributed by atoms with van der Waals surface area (Å²) in [7, 11) is 0. The Labute approximate surface area is 124 Å². The van der Waals surface area contributed by atoms with Crippen LogP contribution in [0.4, 0.5) is 0 Å². The number of imidazole rings is 1. The normalized spacial score (nSPS) is 11.3. The van der Waals surface area contributed by atoms with E-state index < -0.39 is 6.04 Å². The van der Waals surface area contributed by atoms with E-state index >= 15 is 0 Å². The van der Waals surface area contributed by atoms with Gasteiger partial charge in [0, 0.05) is 13.1 Å². The summed E-state index contributed by atoms with van der Waals surface area (Å²) in [4.78, 5) is 15.6. The highest BCUT2D eigenvalue weighted by molar-refractivity contribution is 5.85. The molecular weight excluding hydrogens is 287 g/mol. The lowest BCUT2D eigenvalue weighted by molar-refractivity contribution is -0.121. The second-order valence-corrected chi connectivity index (χ2v) is 4.01. The molecule has 3 N–H and O–H groups in total. The molecule has 0 bridgehead atoms. The fourth-order valence-electron chi connectivity index (χ4n) is 1.65. The Morgan fingerprint density at radius 1 is 1.42 bits per heavy atom. The number of nitrogens with one attached hydrogen (secondary N) is 1. The molecule has 106 valence electrons. The molecule has 2 aromatic rings. The van der Waals surface area contributed by atoms with Crippen LogP contribution >= 0.6 is 24.8 Å². The minimum Gasteiger partial charge on any atom is -0.353 e. The number of hydrogen-bond donors (Lipinski definition) is 2. The Bertz CT molecular complexity index is 527. The van der Waals surface area contributed by atoms with Gasteiger partial charge in [-0.05, 0) is 19.1 Å². The standard InChI is InChI=1S/C12H16N4O.2ClH/c1-9(13)12(17)14-6-7-16-8-15-10-4-2-3-5-11(10)16;;/h2-5,8-9H,6-7,13H2,1H3,(H,14,17);2*1H/t9-;;/m1../s1. The topological polar surface area (TPSA) is 72.9 Å². The second kappa shape index (κ2) is 7.99. The van der Waals surface area contributed by atoms with Gasteiger partial charge in [0.2, 0.25) is 5.91 Å². The minimum atomic E-state index is -0.463. The predicted molar refractivity (Wildman–Crippen MR) is 80.9 cm³/mol. The molecule has 5 nitrogen and oxygen atoms in total. The average Bonchev–Trinajstić information content (AvgIpc) is 2.72. The number of aromatic nitrogens is 2. The summed E-state index contributed by atoms with van der Waals surface area (Å²) in [5, 5.41) is 2.77. The summed E-state index contributed by atoms with van der Waals surface area (Å²) in [6.45, 7) is 2.92. The minimum absolute atomic E-state index is 0. The van der Waals surface area contributed by atoms with E-state index in [9.17, 15) is 4.79 Å². The molecule has 1 atom stereocenters. The van der Waals surface area contributed by atoms with Gasteiger partial charge in [-0.3, -0.25) is 4.79 Å². The van der Waals surface area contributed by atoms with Gasteiger partial charge in [0.05, 0.1) is 23.4 Å². The maximum absolute atomic E-state index is 11.3. The van der Waals surface area contributed by atoms with Gasteiger partial charge in [-0.15, -0.1) is 24.8 Å². The zero-order valence-electron chi connectivity index (χ0n) is 10.6. The Morgan fingerprint density at radius 3 is 2.79 bits per heavy atom. The van der Waals surface area contributed by atoms with Gasteiger partial charge in [-0.1, -0.05) is 12.1 Å². The first kappa shape index (κ1) is 17.7. The molecule has 19 heavy (non-hydrogen) atoms. The van der Waals surface area contributed by atoms with E-state index in [1.165, 1.54) is 0 Å². The maximum Gasteiger partial charge on any atom is 0.236 e. The van der Waals surface area contributed by atoms with E-state index in [1.807, 2.05) is 28.8 Å². The highest BCUT2D eigenvalue weighted by Gasteiger charge is 2.06.